The normalized spacial score (nSPS) is 11.3. The van der Waals surface area contributed by atoms with Gasteiger partial charge in [-0.05, 0) is 75.9 Å². The summed E-state index contributed by atoms with van der Waals surface area (Å²) < 4.78 is 4.94. The SMILES string of the molecule is C1CCOC1.CC(=O)c1ccc(-c2ccccc2)cc1.O=C(/C=C/c1ccc(-c2ccccc2)cc1)c1ccc(-c2ccccc2)cc1.O=Cc1ccc(-c2ccccc2)cc1.[H-].[Na+]. The van der Waals surface area contributed by atoms with Gasteiger partial charge in [-0.3, -0.25) is 14.4 Å². The minimum Gasteiger partial charge on any atom is -1.00 e. The molecule has 1 aliphatic rings. The third-order valence-corrected chi connectivity index (χ3v) is 10.1. The number of hydrogen-bond acceptors (Lipinski definition) is 4. The zero-order chi connectivity index (χ0) is 43.2. The van der Waals surface area contributed by atoms with Crippen LogP contribution in [0.1, 0.15) is 57.8 Å². The first-order chi connectivity index (χ1) is 30.5. The van der Waals surface area contributed by atoms with Crippen LogP contribution in [0.4, 0.5) is 0 Å². The predicted molar refractivity (Wildman–Crippen MR) is 257 cm³/mol. The molecule has 63 heavy (non-hydrogen) atoms. The number of rotatable bonds is 9. The fourth-order valence-corrected chi connectivity index (χ4v) is 6.57. The van der Waals surface area contributed by atoms with Crippen molar-refractivity contribution in [2.24, 2.45) is 0 Å². The fraction of sp³-hybridized carbons (Fsp3) is 0.0862. The van der Waals surface area contributed by atoms with Crippen molar-refractivity contribution in [2.45, 2.75) is 19.8 Å². The molecule has 0 radical (unpaired) electrons. The number of aldehydes is 1. The molecule has 1 heterocycles. The molecule has 0 aliphatic carbocycles. The van der Waals surface area contributed by atoms with E-state index in [-0.39, 0.29) is 42.6 Å². The Balaban J connectivity index is 0.000000211. The molecule has 8 aromatic carbocycles. The van der Waals surface area contributed by atoms with Crippen molar-refractivity contribution in [1.82, 2.24) is 0 Å². The van der Waals surface area contributed by atoms with Crippen molar-refractivity contribution in [2.75, 3.05) is 13.2 Å². The molecule has 0 bridgehead atoms. The Morgan fingerprint density at radius 2 is 0.714 bits per heavy atom. The van der Waals surface area contributed by atoms with Gasteiger partial charge in [0.05, 0.1) is 0 Å². The molecule has 4 nitrogen and oxygen atoms in total. The second kappa shape index (κ2) is 26.1. The van der Waals surface area contributed by atoms with Gasteiger partial charge in [-0.2, -0.15) is 0 Å². The summed E-state index contributed by atoms with van der Waals surface area (Å²) in [5.74, 6) is 0.112. The van der Waals surface area contributed by atoms with Crippen LogP contribution in [0.2, 0.25) is 0 Å². The van der Waals surface area contributed by atoms with Crippen LogP contribution >= 0.6 is 0 Å². The van der Waals surface area contributed by atoms with Crippen molar-refractivity contribution in [3.63, 3.8) is 0 Å². The van der Waals surface area contributed by atoms with E-state index in [2.05, 4.69) is 60.7 Å². The molecular weight excluding hydrogens is 784 g/mol. The largest absolute Gasteiger partial charge is 1.00 e. The fourth-order valence-electron chi connectivity index (χ4n) is 6.57. The number of allylic oxidation sites excluding steroid dienone is 1. The van der Waals surface area contributed by atoms with Crippen molar-refractivity contribution in [3.05, 3.63) is 247 Å². The number of ketones is 2. The average Bonchev–Trinajstić information content (AvgIpc) is 3.96. The summed E-state index contributed by atoms with van der Waals surface area (Å²) >= 11 is 0. The van der Waals surface area contributed by atoms with E-state index < -0.39 is 0 Å². The van der Waals surface area contributed by atoms with Crippen molar-refractivity contribution in [1.29, 1.82) is 0 Å². The van der Waals surface area contributed by atoms with Crippen LogP contribution in [0.3, 0.4) is 0 Å². The van der Waals surface area contributed by atoms with Gasteiger partial charge >= 0.3 is 29.6 Å². The van der Waals surface area contributed by atoms with Crippen LogP contribution in [0.25, 0.3) is 50.6 Å². The van der Waals surface area contributed by atoms with Gasteiger partial charge in [0.2, 0.25) is 0 Å². The Kier molecular flexibility index (Phi) is 19.7. The van der Waals surface area contributed by atoms with E-state index in [1.807, 2.05) is 164 Å². The van der Waals surface area contributed by atoms with E-state index in [9.17, 15) is 14.4 Å². The van der Waals surface area contributed by atoms with Crippen molar-refractivity contribution in [3.8, 4) is 44.5 Å². The van der Waals surface area contributed by atoms with E-state index in [0.29, 0.717) is 11.1 Å². The summed E-state index contributed by atoms with van der Waals surface area (Å²) in [6, 6.07) is 71.9. The first kappa shape index (κ1) is 47.5. The molecule has 308 valence electrons. The second-order valence-corrected chi connectivity index (χ2v) is 14.6. The van der Waals surface area contributed by atoms with Gasteiger partial charge in [-0.15, -0.1) is 0 Å². The minimum absolute atomic E-state index is 0. The first-order valence-corrected chi connectivity index (χ1v) is 20.8. The molecule has 0 atom stereocenters. The van der Waals surface area contributed by atoms with Crippen LogP contribution in [0, 0.1) is 0 Å². The van der Waals surface area contributed by atoms with Crippen molar-refractivity contribution >= 4 is 23.9 Å². The minimum atomic E-state index is 0. The van der Waals surface area contributed by atoms with E-state index in [0.717, 1.165) is 52.9 Å². The third kappa shape index (κ3) is 15.4. The van der Waals surface area contributed by atoms with Gasteiger partial charge in [0.1, 0.15) is 6.29 Å². The number of ether oxygens (including phenoxy) is 1. The standard InChI is InChI=1S/C27H20O.C14H12O.C13H10O.C4H8O.Na.H/c28-27(26-18-16-25(17-19-26)23-9-5-2-6-10-23)20-13-21-11-14-24(15-12-21)22-7-3-1-4-8-22;1-11(15)12-7-9-14(10-8-12)13-5-3-2-4-6-13;14-10-11-6-8-13(9-7-11)12-4-2-1-3-5-12;1-2-4-5-3-1;;/h1-20H;2-10H,1H3;1-10H;1-4H2;;/q;;;;+1;-1/b20-13+;;;;;. The van der Waals surface area contributed by atoms with Gasteiger partial charge in [0.25, 0.3) is 0 Å². The summed E-state index contributed by atoms with van der Waals surface area (Å²) in [7, 11) is 0. The summed E-state index contributed by atoms with van der Waals surface area (Å²) in [6.07, 6.45) is 6.91. The zero-order valence-electron chi connectivity index (χ0n) is 37.0. The molecule has 5 heteroatoms. The van der Waals surface area contributed by atoms with Gasteiger partial charge in [-0.1, -0.05) is 224 Å². The summed E-state index contributed by atoms with van der Waals surface area (Å²) in [4.78, 5) is 34.0. The predicted octanol–water partition coefficient (Wildman–Crippen LogP) is 11.6. The average molecular weight is 835 g/mol. The smallest absolute Gasteiger partial charge is 1.00 e. The number of hydrogen-bond donors (Lipinski definition) is 0. The topological polar surface area (TPSA) is 60.4 Å². The third-order valence-electron chi connectivity index (χ3n) is 10.1. The molecule has 0 saturated carbocycles. The molecule has 1 aliphatic heterocycles. The van der Waals surface area contributed by atoms with Crippen LogP contribution in [-0.4, -0.2) is 31.1 Å². The summed E-state index contributed by atoms with van der Waals surface area (Å²) in [5.41, 5.74) is 12.4. The number of Topliss-reactive ketones (excluding diaryl/α,β-unsaturated/α-hetero) is 1. The van der Waals surface area contributed by atoms with Gasteiger partial charge in [0.15, 0.2) is 11.6 Å². The molecular formula is C58H51NaO4. The molecule has 0 spiro atoms. The Morgan fingerprint density at radius 3 is 1.02 bits per heavy atom. The van der Waals surface area contributed by atoms with Crippen LogP contribution in [0.5, 0.6) is 0 Å². The van der Waals surface area contributed by atoms with Gasteiger partial charge < -0.3 is 6.16 Å². The quantitative estimate of drug-likeness (QED) is 0.0629. The van der Waals surface area contributed by atoms with E-state index >= 15 is 0 Å². The van der Waals surface area contributed by atoms with Crippen molar-refractivity contribution < 1.29 is 50.1 Å². The monoisotopic (exact) mass is 834 g/mol. The second-order valence-electron chi connectivity index (χ2n) is 14.6. The molecule has 9 rings (SSSR count). The molecule has 0 amide bonds. The maximum atomic E-state index is 12.5. The molecule has 0 N–H and O–H groups in total. The van der Waals surface area contributed by atoms with Gasteiger partial charge in [-0.25, -0.2) is 0 Å². The summed E-state index contributed by atoms with van der Waals surface area (Å²) in [5, 5.41) is 0. The maximum Gasteiger partial charge on any atom is 1.00 e. The molecule has 0 aromatic heterocycles. The number of carbonyl (C=O) groups excluding carboxylic acids is 3. The van der Waals surface area contributed by atoms with Crippen LogP contribution in [-0.2, 0) is 4.74 Å². The summed E-state index contributed by atoms with van der Waals surface area (Å²) in [6.45, 7) is 3.58. The zero-order valence-corrected chi connectivity index (χ0v) is 38.0. The number of benzene rings is 8. The van der Waals surface area contributed by atoms with Crippen LogP contribution < -0.4 is 29.6 Å². The first-order valence-electron chi connectivity index (χ1n) is 20.8. The Labute approximate surface area is 395 Å². The molecule has 1 saturated heterocycles. The van der Waals surface area contributed by atoms with Gasteiger partial charge in [0, 0.05) is 29.9 Å². The van der Waals surface area contributed by atoms with Crippen LogP contribution in [0.15, 0.2) is 224 Å². The maximum absolute atomic E-state index is 12.5. The van der Waals surface area contributed by atoms with E-state index in [1.54, 1.807) is 13.0 Å². The molecule has 8 aromatic rings. The molecule has 0 unspecified atom stereocenters. The Hall–Kier alpha value is -6.53. The molecule has 1 fully saturated rings. The number of carbonyl (C=O) groups is 3. The Bertz CT molecular complexity index is 2590. The Morgan fingerprint density at radius 1 is 0.413 bits per heavy atom. The van der Waals surface area contributed by atoms with E-state index in [1.165, 1.54) is 35.1 Å². The van der Waals surface area contributed by atoms with E-state index in [4.69, 9.17) is 4.74 Å².